The van der Waals surface area contributed by atoms with Gasteiger partial charge in [-0.15, -0.1) is 0 Å². The Labute approximate surface area is 173 Å². The second kappa shape index (κ2) is 9.60. The molecule has 2 atom stereocenters. The summed E-state index contributed by atoms with van der Waals surface area (Å²) in [4.78, 5) is 25.7. The van der Waals surface area contributed by atoms with E-state index in [4.69, 9.17) is 26.8 Å². The Balaban J connectivity index is 1.60. The summed E-state index contributed by atoms with van der Waals surface area (Å²) in [6.07, 6.45) is 0.392. The highest BCUT2D eigenvalue weighted by molar-refractivity contribution is 6.30. The van der Waals surface area contributed by atoms with E-state index in [1.807, 2.05) is 0 Å². The number of rotatable bonds is 7. The summed E-state index contributed by atoms with van der Waals surface area (Å²) in [6.45, 7) is 0.626. The van der Waals surface area contributed by atoms with Crippen molar-refractivity contribution in [3.05, 3.63) is 59.4 Å². The summed E-state index contributed by atoms with van der Waals surface area (Å²) in [6, 6.07) is 12.5. The normalized spacial score (nSPS) is 18.9. The molecule has 2 aromatic carbocycles. The third kappa shape index (κ3) is 6.09. The van der Waals surface area contributed by atoms with E-state index in [-0.39, 0.29) is 36.8 Å². The minimum absolute atomic E-state index is 0.105. The maximum atomic E-state index is 13.0. The summed E-state index contributed by atoms with van der Waals surface area (Å²) in [5, 5.41) is 0.555. The fourth-order valence-electron chi connectivity index (χ4n) is 3.33. The van der Waals surface area contributed by atoms with Crippen molar-refractivity contribution in [2.24, 2.45) is 11.7 Å². The number of hydrogen-bond donors (Lipinski definition) is 1. The largest absolute Gasteiger partial charge is 0.490 e. The van der Waals surface area contributed by atoms with Crippen LogP contribution in [0.5, 0.6) is 11.5 Å². The molecule has 29 heavy (non-hydrogen) atoms. The van der Waals surface area contributed by atoms with Crippen LogP contribution in [0.15, 0.2) is 48.5 Å². The molecule has 2 N–H and O–H groups in total. The standard InChI is InChI=1S/C21H22ClFN2O4/c22-15-2-1-3-18(11-15)29-19-8-9-25(12-14(19)10-20(24)26)21(27)13-28-17-6-4-16(23)5-7-17/h1-7,11,14,19H,8-10,12-13H2,(H2,24,26)/t14-,19-/m0/s1. The van der Waals surface area contributed by atoms with E-state index in [1.165, 1.54) is 24.3 Å². The first-order valence-electron chi connectivity index (χ1n) is 9.27. The third-order valence-electron chi connectivity index (χ3n) is 4.74. The van der Waals surface area contributed by atoms with Gasteiger partial charge < -0.3 is 20.1 Å². The average molecular weight is 421 g/mol. The predicted octanol–water partition coefficient (Wildman–Crippen LogP) is 3.03. The summed E-state index contributed by atoms with van der Waals surface area (Å²) < 4.78 is 24.4. The lowest BCUT2D eigenvalue weighted by atomic mass is 9.91. The van der Waals surface area contributed by atoms with Crippen LogP contribution in [0.4, 0.5) is 4.39 Å². The van der Waals surface area contributed by atoms with E-state index >= 15 is 0 Å². The Morgan fingerprint density at radius 1 is 1.17 bits per heavy atom. The number of primary amides is 1. The molecule has 0 aliphatic carbocycles. The minimum Gasteiger partial charge on any atom is -0.490 e. The van der Waals surface area contributed by atoms with E-state index in [0.29, 0.717) is 36.0 Å². The molecule has 0 saturated carbocycles. The first-order valence-corrected chi connectivity index (χ1v) is 9.65. The molecule has 3 rings (SSSR count). The number of amides is 2. The molecule has 2 aromatic rings. The van der Waals surface area contributed by atoms with Crippen molar-refractivity contribution in [3.8, 4) is 11.5 Å². The van der Waals surface area contributed by atoms with Gasteiger partial charge >= 0.3 is 0 Å². The number of ether oxygens (including phenoxy) is 2. The quantitative estimate of drug-likeness (QED) is 0.746. The van der Waals surface area contributed by atoms with Gasteiger partial charge in [-0.2, -0.15) is 0 Å². The fourth-order valence-corrected chi connectivity index (χ4v) is 3.51. The number of carbonyl (C=O) groups excluding carboxylic acids is 2. The summed E-state index contributed by atoms with van der Waals surface area (Å²) in [5.74, 6) is -0.268. The van der Waals surface area contributed by atoms with E-state index in [0.717, 1.165) is 0 Å². The van der Waals surface area contributed by atoms with Crippen molar-refractivity contribution in [2.45, 2.75) is 18.9 Å². The van der Waals surface area contributed by atoms with Crippen molar-refractivity contribution in [1.29, 1.82) is 0 Å². The van der Waals surface area contributed by atoms with E-state index in [9.17, 15) is 14.0 Å². The van der Waals surface area contributed by atoms with Crippen LogP contribution >= 0.6 is 11.6 Å². The molecule has 8 heteroatoms. The number of nitrogens with two attached hydrogens (primary N) is 1. The number of benzene rings is 2. The van der Waals surface area contributed by atoms with Crippen molar-refractivity contribution >= 4 is 23.4 Å². The van der Waals surface area contributed by atoms with Gasteiger partial charge in [-0.3, -0.25) is 9.59 Å². The fraction of sp³-hybridized carbons (Fsp3) is 0.333. The zero-order valence-corrected chi connectivity index (χ0v) is 16.5. The minimum atomic E-state index is -0.452. The Bertz CT molecular complexity index is 862. The van der Waals surface area contributed by atoms with Gasteiger partial charge in [0.2, 0.25) is 5.91 Å². The molecule has 0 unspecified atom stereocenters. The van der Waals surface area contributed by atoms with Crippen molar-refractivity contribution in [1.82, 2.24) is 4.90 Å². The number of nitrogens with zero attached hydrogens (tertiary/aromatic N) is 1. The Morgan fingerprint density at radius 2 is 1.93 bits per heavy atom. The van der Waals surface area contributed by atoms with Crippen LogP contribution in [0.25, 0.3) is 0 Å². The molecule has 1 saturated heterocycles. The van der Waals surface area contributed by atoms with Crippen LogP contribution in [-0.2, 0) is 9.59 Å². The molecule has 0 spiro atoms. The SMILES string of the molecule is NC(=O)C[C@H]1CN(C(=O)COc2ccc(F)cc2)CC[C@@H]1Oc1cccc(Cl)c1. The Morgan fingerprint density at radius 3 is 2.62 bits per heavy atom. The lowest BCUT2D eigenvalue weighted by molar-refractivity contribution is -0.138. The number of piperidine rings is 1. The molecule has 1 aliphatic rings. The van der Waals surface area contributed by atoms with Gasteiger partial charge in [-0.05, 0) is 42.5 Å². The Hall–Kier alpha value is -2.80. The van der Waals surface area contributed by atoms with Gasteiger partial charge in [-0.1, -0.05) is 17.7 Å². The van der Waals surface area contributed by atoms with Crippen molar-refractivity contribution in [2.75, 3.05) is 19.7 Å². The van der Waals surface area contributed by atoms with Gasteiger partial charge in [0.25, 0.3) is 5.91 Å². The molecular formula is C21H22ClFN2O4. The van der Waals surface area contributed by atoms with Crippen LogP contribution < -0.4 is 15.2 Å². The zero-order valence-electron chi connectivity index (χ0n) is 15.7. The van der Waals surface area contributed by atoms with E-state index in [2.05, 4.69) is 0 Å². The second-order valence-corrected chi connectivity index (χ2v) is 7.35. The second-order valence-electron chi connectivity index (χ2n) is 6.92. The number of carbonyl (C=O) groups is 2. The molecule has 1 aliphatic heterocycles. The number of hydrogen-bond acceptors (Lipinski definition) is 4. The van der Waals surface area contributed by atoms with Crippen LogP contribution in [0.1, 0.15) is 12.8 Å². The van der Waals surface area contributed by atoms with Crippen molar-refractivity contribution < 1.29 is 23.5 Å². The van der Waals surface area contributed by atoms with Gasteiger partial charge in [0.05, 0.1) is 0 Å². The third-order valence-corrected chi connectivity index (χ3v) is 4.97. The zero-order chi connectivity index (χ0) is 20.8. The molecule has 0 bridgehead atoms. The van der Waals surface area contributed by atoms with Crippen LogP contribution in [0.2, 0.25) is 5.02 Å². The molecule has 1 heterocycles. The highest BCUT2D eigenvalue weighted by Crippen LogP contribution is 2.27. The molecule has 0 radical (unpaired) electrons. The highest BCUT2D eigenvalue weighted by atomic mass is 35.5. The smallest absolute Gasteiger partial charge is 0.260 e. The lowest BCUT2D eigenvalue weighted by Crippen LogP contribution is -2.50. The van der Waals surface area contributed by atoms with E-state index < -0.39 is 5.91 Å². The number of halogens is 2. The van der Waals surface area contributed by atoms with Gasteiger partial charge in [0, 0.05) is 36.9 Å². The molecule has 1 fully saturated rings. The summed E-state index contributed by atoms with van der Waals surface area (Å²) in [7, 11) is 0. The summed E-state index contributed by atoms with van der Waals surface area (Å²) in [5.41, 5.74) is 5.40. The van der Waals surface area contributed by atoms with Crippen LogP contribution in [0.3, 0.4) is 0 Å². The first kappa shape index (κ1) is 20.9. The highest BCUT2D eigenvalue weighted by Gasteiger charge is 2.34. The van der Waals surface area contributed by atoms with Crippen LogP contribution in [0, 0.1) is 11.7 Å². The molecule has 6 nitrogen and oxygen atoms in total. The number of likely N-dealkylation sites (tertiary alicyclic amines) is 1. The Kier molecular flexibility index (Phi) is 6.93. The van der Waals surface area contributed by atoms with Crippen LogP contribution in [-0.4, -0.2) is 42.5 Å². The van der Waals surface area contributed by atoms with Gasteiger partial charge in [0.15, 0.2) is 6.61 Å². The van der Waals surface area contributed by atoms with Gasteiger partial charge in [-0.25, -0.2) is 4.39 Å². The average Bonchev–Trinajstić information content (AvgIpc) is 2.68. The molecule has 0 aromatic heterocycles. The predicted molar refractivity (Wildman–Crippen MR) is 106 cm³/mol. The van der Waals surface area contributed by atoms with Gasteiger partial charge in [0.1, 0.15) is 23.4 Å². The molecule has 2 amide bonds. The lowest BCUT2D eigenvalue weighted by Gasteiger charge is -2.38. The maximum Gasteiger partial charge on any atom is 0.260 e. The topological polar surface area (TPSA) is 81.9 Å². The molecular weight excluding hydrogens is 399 g/mol. The monoisotopic (exact) mass is 420 g/mol. The summed E-state index contributed by atoms with van der Waals surface area (Å²) >= 11 is 6.00. The maximum absolute atomic E-state index is 13.0. The first-order chi connectivity index (χ1) is 13.9. The van der Waals surface area contributed by atoms with Crippen molar-refractivity contribution in [3.63, 3.8) is 0 Å². The molecule has 154 valence electrons. The van der Waals surface area contributed by atoms with E-state index in [1.54, 1.807) is 29.2 Å².